The van der Waals surface area contributed by atoms with E-state index in [0.717, 1.165) is 85.7 Å². The molecule has 9 heteroatoms. The zero-order valence-electron chi connectivity index (χ0n) is 18.3. The average Bonchev–Trinajstić information content (AvgIpc) is 3.63. The molecule has 2 fully saturated rings. The molecular weight excluding hydrogens is 404 g/mol. The first-order chi connectivity index (χ1) is 15.8. The monoisotopic (exact) mass is 432 g/mol. The summed E-state index contributed by atoms with van der Waals surface area (Å²) in [4.78, 5) is 15.3. The summed E-state index contributed by atoms with van der Waals surface area (Å²) in [6.45, 7) is 7.14. The van der Waals surface area contributed by atoms with Gasteiger partial charge < -0.3 is 14.6 Å². The van der Waals surface area contributed by atoms with Gasteiger partial charge in [-0.1, -0.05) is 6.92 Å². The number of hydrogen-bond acceptors (Lipinski definition) is 6. The van der Waals surface area contributed by atoms with Crippen molar-refractivity contribution in [1.82, 2.24) is 39.4 Å². The summed E-state index contributed by atoms with van der Waals surface area (Å²) in [5.74, 6) is 0. The van der Waals surface area contributed by atoms with Crippen LogP contribution in [0.3, 0.4) is 0 Å². The maximum atomic E-state index is 5.49. The number of piperidine rings is 1. The van der Waals surface area contributed by atoms with Crippen LogP contribution in [-0.4, -0.2) is 72.3 Å². The Bertz CT molecular complexity index is 1210. The molecule has 0 aromatic carbocycles. The third-order valence-electron chi connectivity index (χ3n) is 6.85. The lowest BCUT2D eigenvalue weighted by atomic mass is 10.1. The summed E-state index contributed by atoms with van der Waals surface area (Å²) in [6, 6.07) is 0.766. The van der Waals surface area contributed by atoms with E-state index in [4.69, 9.17) is 14.8 Å². The molecule has 1 unspecified atom stereocenters. The van der Waals surface area contributed by atoms with Crippen molar-refractivity contribution in [3.63, 3.8) is 0 Å². The zero-order valence-corrected chi connectivity index (χ0v) is 18.3. The fraction of sp³-hybridized carbons (Fsp3) is 0.478. The molecule has 0 aliphatic carbocycles. The normalized spacial score (nSPS) is 20.5. The van der Waals surface area contributed by atoms with Gasteiger partial charge in [-0.15, -0.1) is 0 Å². The van der Waals surface area contributed by atoms with E-state index in [1.165, 1.54) is 0 Å². The molecule has 6 rings (SSSR count). The lowest BCUT2D eigenvalue weighted by Crippen LogP contribution is -2.34. The summed E-state index contributed by atoms with van der Waals surface area (Å²) < 4.78 is 9.61. The van der Waals surface area contributed by atoms with Crippen molar-refractivity contribution in [2.45, 2.75) is 38.3 Å². The van der Waals surface area contributed by atoms with Crippen molar-refractivity contribution in [3.05, 3.63) is 37.2 Å². The van der Waals surface area contributed by atoms with E-state index >= 15 is 0 Å². The van der Waals surface area contributed by atoms with Crippen LogP contribution >= 0.6 is 0 Å². The predicted octanol–water partition coefficient (Wildman–Crippen LogP) is 3.30. The molecule has 4 aromatic heterocycles. The first-order valence-corrected chi connectivity index (χ1v) is 11.5. The maximum absolute atomic E-state index is 5.49. The number of nitrogens with one attached hydrogen (secondary N) is 1. The van der Waals surface area contributed by atoms with Crippen LogP contribution in [0.1, 0.15) is 38.3 Å². The second-order valence-electron chi connectivity index (χ2n) is 8.76. The van der Waals surface area contributed by atoms with Gasteiger partial charge in [-0.05, 0) is 25.8 Å². The highest BCUT2D eigenvalue weighted by Crippen LogP contribution is 2.30. The number of rotatable bonds is 5. The number of likely N-dealkylation sites (tertiary alicyclic amines) is 1. The van der Waals surface area contributed by atoms with Crippen molar-refractivity contribution in [1.29, 1.82) is 0 Å². The molecule has 0 saturated carbocycles. The zero-order chi connectivity index (χ0) is 21.5. The SMILES string of the molecule is CCN1CCC(n2cc(-c3c[nH]c4ncc(-c5cnn(C6CCOC6)c5)nc34)cn2)CC1. The summed E-state index contributed by atoms with van der Waals surface area (Å²) >= 11 is 0. The Kier molecular flexibility index (Phi) is 4.99. The second kappa shape index (κ2) is 8.14. The summed E-state index contributed by atoms with van der Waals surface area (Å²) in [5.41, 5.74) is 5.53. The molecule has 0 radical (unpaired) electrons. The van der Waals surface area contributed by atoms with Crippen LogP contribution in [0.2, 0.25) is 0 Å². The van der Waals surface area contributed by atoms with E-state index in [1.807, 2.05) is 29.5 Å². The minimum Gasteiger partial charge on any atom is -0.379 e. The van der Waals surface area contributed by atoms with Gasteiger partial charge in [0.05, 0.1) is 43.0 Å². The molecule has 0 bridgehead atoms. The molecule has 1 N–H and O–H groups in total. The molecule has 2 aliphatic rings. The third kappa shape index (κ3) is 3.51. The predicted molar refractivity (Wildman–Crippen MR) is 121 cm³/mol. The molecule has 6 heterocycles. The smallest absolute Gasteiger partial charge is 0.156 e. The highest BCUT2D eigenvalue weighted by molar-refractivity contribution is 5.91. The highest BCUT2D eigenvalue weighted by Gasteiger charge is 2.22. The van der Waals surface area contributed by atoms with Gasteiger partial charge in [0.2, 0.25) is 0 Å². The Morgan fingerprint density at radius 2 is 1.78 bits per heavy atom. The number of hydrogen-bond donors (Lipinski definition) is 1. The second-order valence-corrected chi connectivity index (χ2v) is 8.76. The molecule has 9 nitrogen and oxygen atoms in total. The molecular formula is C23H28N8O. The molecule has 0 spiro atoms. The molecule has 1 atom stereocenters. The number of H-pyrrole nitrogens is 1. The van der Waals surface area contributed by atoms with Gasteiger partial charge in [0.15, 0.2) is 5.65 Å². The molecule has 2 aliphatic heterocycles. The Morgan fingerprint density at radius 3 is 2.56 bits per heavy atom. The topological polar surface area (TPSA) is 89.7 Å². The average molecular weight is 433 g/mol. The molecule has 4 aromatic rings. The Labute approximate surface area is 186 Å². The van der Waals surface area contributed by atoms with Gasteiger partial charge >= 0.3 is 0 Å². The fourth-order valence-corrected chi connectivity index (χ4v) is 4.83. The molecule has 0 amide bonds. The van der Waals surface area contributed by atoms with Gasteiger partial charge in [-0.25, -0.2) is 9.97 Å². The van der Waals surface area contributed by atoms with E-state index < -0.39 is 0 Å². The van der Waals surface area contributed by atoms with Crippen molar-refractivity contribution < 1.29 is 4.74 Å². The van der Waals surface area contributed by atoms with Gasteiger partial charge in [0.25, 0.3) is 0 Å². The van der Waals surface area contributed by atoms with E-state index in [0.29, 0.717) is 12.1 Å². The van der Waals surface area contributed by atoms with Crippen LogP contribution < -0.4 is 0 Å². The number of nitrogens with zero attached hydrogens (tertiary/aromatic N) is 7. The van der Waals surface area contributed by atoms with Crippen molar-refractivity contribution >= 4 is 11.2 Å². The maximum Gasteiger partial charge on any atom is 0.156 e. The molecule has 2 saturated heterocycles. The Hall–Kier alpha value is -3.04. The van der Waals surface area contributed by atoms with Gasteiger partial charge in [0, 0.05) is 55.0 Å². The van der Waals surface area contributed by atoms with Crippen LogP contribution in [0.5, 0.6) is 0 Å². The Morgan fingerprint density at radius 1 is 1.00 bits per heavy atom. The summed E-state index contributed by atoms with van der Waals surface area (Å²) in [7, 11) is 0. The van der Waals surface area contributed by atoms with Crippen LogP contribution in [0.4, 0.5) is 0 Å². The summed E-state index contributed by atoms with van der Waals surface area (Å²) in [5, 5.41) is 9.23. The summed E-state index contributed by atoms with van der Waals surface area (Å²) in [6.07, 6.45) is 15.1. The fourth-order valence-electron chi connectivity index (χ4n) is 4.83. The standard InChI is InChI=1S/C23H28N8O/c1-2-29-6-3-18(4-7-29)30-13-16(9-26-30)20-11-24-23-22(20)28-21(12-25-23)17-10-27-31(14-17)19-5-8-32-15-19/h9-14,18-19H,2-8,15H2,1H3,(H,24,25). The minimum atomic E-state index is 0.304. The number of ether oxygens (including phenoxy) is 1. The van der Waals surface area contributed by atoms with E-state index in [9.17, 15) is 0 Å². The quantitative estimate of drug-likeness (QED) is 0.520. The number of aromatic nitrogens is 7. The molecule has 32 heavy (non-hydrogen) atoms. The van der Waals surface area contributed by atoms with Gasteiger partial charge in [0.1, 0.15) is 5.52 Å². The van der Waals surface area contributed by atoms with Crippen LogP contribution in [-0.2, 0) is 4.74 Å². The number of fused-ring (bicyclic) bond motifs is 1. The minimum absolute atomic E-state index is 0.304. The van der Waals surface area contributed by atoms with Crippen LogP contribution in [0, 0.1) is 0 Å². The van der Waals surface area contributed by atoms with Gasteiger partial charge in [-0.3, -0.25) is 9.36 Å². The first-order valence-electron chi connectivity index (χ1n) is 11.5. The van der Waals surface area contributed by atoms with Crippen LogP contribution in [0.25, 0.3) is 33.5 Å². The number of aromatic amines is 1. The third-order valence-corrected chi connectivity index (χ3v) is 6.85. The van der Waals surface area contributed by atoms with Gasteiger partial charge in [-0.2, -0.15) is 10.2 Å². The Balaban J connectivity index is 1.28. The van der Waals surface area contributed by atoms with Crippen molar-refractivity contribution in [2.24, 2.45) is 0 Å². The highest BCUT2D eigenvalue weighted by atomic mass is 16.5. The van der Waals surface area contributed by atoms with E-state index in [1.54, 1.807) is 6.20 Å². The molecule has 166 valence electrons. The first kappa shape index (κ1) is 19.6. The van der Waals surface area contributed by atoms with E-state index in [-0.39, 0.29) is 0 Å². The van der Waals surface area contributed by atoms with E-state index in [2.05, 4.69) is 37.8 Å². The van der Waals surface area contributed by atoms with Crippen molar-refractivity contribution in [3.8, 4) is 22.4 Å². The lowest BCUT2D eigenvalue weighted by Gasteiger charge is -2.31. The largest absolute Gasteiger partial charge is 0.379 e. The van der Waals surface area contributed by atoms with Crippen molar-refractivity contribution in [2.75, 3.05) is 32.8 Å². The van der Waals surface area contributed by atoms with Crippen LogP contribution in [0.15, 0.2) is 37.2 Å². The lowest BCUT2D eigenvalue weighted by molar-refractivity contribution is 0.184.